The summed E-state index contributed by atoms with van der Waals surface area (Å²) in [4.78, 5) is 4.30. The fourth-order valence-corrected chi connectivity index (χ4v) is 0.359. The molecule has 1 fully saturated rings. The lowest BCUT2D eigenvalue weighted by Crippen LogP contribution is -2.08. The lowest BCUT2D eigenvalue weighted by molar-refractivity contribution is 0.262. The van der Waals surface area contributed by atoms with E-state index in [1.807, 2.05) is 0 Å². The third kappa shape index (κ3) is 0.481. The topological polar surface area (TPSA) is 86.9 Å². The van der Waals surface area contributed by atoms with Crippen LogP contribution in [0, 0.1) is 34.1 Å². The number of nitriles is 3. The van der Waals surface area contributed by atoms with Gasteiger partial charge in [0.1, 0.15) is 12.1 Å². The molecule has 1 aliphatic rings. The van der Waals surface area contributed by atoms with Crippen LogP contribution in [0.5, 0.6) is 0 Å². The molecule has 0 unspecified atom stereocenters. The van der Waals surface area contributed by atoms with Gasteiger partial charge in [-0.15, -0.1) is 5.06 Å². The van der Waals surface area contributed by atoms with Gasteiger partial charge >= 0.3 is 5.72 Å². The summed E-state index contributed by atoms with van der Waals surface area (Å²) in [5.74, 6) is 0. The lowest BCUT2D eigenvalue weighted by atomic mass is 10.3. The summed E-state index contributed by atoms with van der Waals surface area (Å²) in [7, 11) is 0. The summed E-state index contributed by atoms with van der Waals surface area (Å²) in [6.45, 7) is 0. The first kappa shape index (κ1) is 5.37. The van der Waals surface area contributed by atoms with Crippen LogP contribution in [0.25, 0.3) is 0 Å². The highest BCUT2D eigenvalue weighted by Crippen LogP contribution is 2.31. The van der Waals surface area contributed by atoms with Gasteiger partial charge in [0.15, 0.2) is 0 Å². The van der Waals surface area contributed by atoms with Crippen LogP contribution < -0.4 is 0 Å². The molecule has 1 rings (SSSR count). The minimum atomic E-state index is -1.62. The van der Waals surface area contributed by atoms with Gasteiger partial charge < -0.3 is 0 Å². The predicted molar refractivity (Wildman–Crippen MR) is 22.5 cm³/mol. The van der Waals surface area contributed by atoms with Gasteiger partial charge in [-0.3, -0.25) is 0 Å². The summed E-state index contributed by atoms with van der Waals surface area (Å²) in [6, 6.07) is 3.05. The first-order valence-electron chi connectivity index (χ1n) is 2.00. The number of rotatable bonds is 0. The van der Waals surface area contributed by atoms with Gasteiger partial charge in [-0.2, -0.15) is 20.6 Å². The van der Waals surface area contributed by atoms with Crippen molar-refractivity contribution in [3.63, 3.8) is 0 Å². The van der Waals surface area contributed by atoms with E-state index >= 15 is 0 Å². The van der Waals surface area contributed by atoms with E-state index in [0.29, 0.717) is 5.06 Å². The molecule has 1 aliphatic heterocycles. The molecule has 42 valence electrons. The molecule has 0 aliphatic carbocycles. The molecular weight excluding hydrogens is 120 g/mol. The molecule has 0 N–H and O–H groups in total. The van der Waals surface area contributed by atoms with E-state index < -0.39 is 5.72 Å². The van der Waals surface area contributed by atoms with Crippen molar-refractivity contribution < 1.29 is 4.84 Å². The average molecular weight is 120 g/mol. The Labute approximate surface area is 50.8 Å². The highest BCUT2D eigenvalue weighted by molar-refractivity contribution is 5.23. The molecule has 5 nitrogen and oxygen atoms in total. The van der Waals surface area contributed by atoms with Crippen LogP contribution >= 0.6 is 0 Å². The quantitative estimate of drug-likeness (QED) is 0.316. The Morgan fingerprint density at radius 2 is 1.78 bits per heavy atom. The Morgan fingerprint density at radius 3 is 1.89 bits per heavy atom. The zero-order chi connectivity index (χ0) is 6.91. The Bertz CT molecular complexity index is 237. The average Bonchev–Trinajstić information content (AvgIpc) is 2.63. The Hall–Kier alpha value is -1.77. The zero-order valence-electron chi connectivity index (χ0n) is 4.20. The maximum absolute atomic E-state index is 8.17. The number of hydroxylamine groups is 2. The van der Waals surface area contributed by atoms with Crippen molar-refractivity contribution in [2.75, 3.05) is 0 Å². The van der Waals surface area contributed by atoms with Crippen molar-refractivity contribution in [2.45, 2.75) is 5.72 Å². The SMILES string of the molecule is N#CN1OC1(C#N)C#N. The van der Waals surface area contributed by atoms with Gasteiger partial charge in [0.05, 0.1) is 0 Å². The monoisotopic (exact) mass is 120 g/mol. The van der Waals surface area contributed by atoms with Crippen molar-refractivity contribution in [1.82, 2.24) is 5.06 Å². The standard InChI is InChI=1S/C4N4O/c5-1-4(2-6)8(3-7)9-4. The maximum atomic E-state index is 8.17. The first-order chi connectivity index (χ1) is 4.29. The minimum absolute atomic E-state index is 0.632. The van der Waals surface area contributed by atoms with Crippen molar-refractivity contribution >= 4 is 0 Å². The molecule has 1 saturated heterocycles. The molecule has 0 radical (unpaired) electrons. The predicted octanol–water partition coefficient (Wildman–Crippen LogP) is -0.542. The Morgan fingerprint density at radius 1 is 1.22 bits per heavy atom. The van der Waals surface area contributed by atoms with Crippen molar-refractivity contribution in [1.29, 1.82) is 15.8 Å². The first-order valence-corrected chi connectivity index (χ1v) is 2.00. The molecule has 0 saturated carbocycles. The van der Waals surface area contributed by atoms with E-state index in [0.717, 1.165) is 0 Å². The highest BCUT2D eigenvalue weighted by atomic mass is 16.9. The molecule has 9 heavy (non-hydrogen) atoms. The van der Waals surface area contributed by atoms with Crippen molar-refractivity contribution in [3.8, 4) is 18.3 Å². The van der Waals surface area contributed by atoms with E-state index in [2.05, 4.69) is 4.84 Å². The molecule has 0 amide bonds. The van der Waals surface area contributed by atoms with E-state index in [1.54, 1.807) is 0 Å². The molecule has 0 bridgehead atoms. The fraction of sp³-hybridized carbons (Fsp3) is 0.250. The molecule has 1 heterocycles. The summed E-state index contributed by atoms with van der Waals surface area (Å²) >= 11 is 0. The lowest BCUT2D eigenvalue weighted by Gasteiger charge is -1.76. The van der Waals surface area contributed by atoms with E-state index in [-0.39, 0.29) is 0 Å². The van der Waals surface area contributed by atoms with Crippen LogP contribution in [-0.4, -0.2) is 10.8 Å². The van der Waals surface area contributed by atoms with Crippen LogP contribution in [0.2, 0.25) is 0 Å². The molecule has 0 aromatic carbocycles. The molecule has 0 aromatic rings. The van der Waals surface area contributed by atoms with Crippen LogP contribution in [0.3, 0.4) is 0 Å². The van der Waals surface area contributed by atoms with Crippen LogP contribution in [-0.2, 0) is 4.84 Å². The smallest absolute Gasteiger partial charge is 0.196 e. The fourth-order valence-electron chi connectivity index (χ4n) is 0.359. The largest absolute Gasteiger partial charge is 0.373 e. The normalized spacial score (nSPS) is 19.0. The highest BCUT2D eigenvalue weighted by Gasteiger charge is 2.58. The zero-order valence-corrected chi connectivity index (χ0v) is 4.20. The van der Waals surface area contributed by atoms with E-state index in [9.17, 15) is 0 Å². The molecule has 0 atom stereocenters. The Balaban J connectivity index is 2.78. The molecule has 0 aromatic heterocycles. The van der Waals surface area contributed by atoms with Gasteiger partial charge in [-0.1, -0.05) is 0 Å². The third-order valence-electron chi connectivity index (χ3n) is 0.871. The van der Waals surface area contributed by atoms with Crippen LogP contribution in [0.4, 0.5) is 0 Å². The number of hydrogen-bond donors (Lipinski definition) is 0. The van der Waals surface area contributed by atoms with Gasteiger partial charge in [-0.25, -0.2) is 0 Å². The van der Waals surface area contributed by atoms with Crippen LogP contribution in [0.15, 0.2) is 0 Å². The third-order valence-corrected chi connectivity index (χ3v) is 0.871. The molecular formula is C4N4O. The van der Waals surface area contributed by atoms with Gasteiger partial charge in [0.2, 0.25) is 6.19 Å². The minimum Gasteiger partial charge on any atom is -0.196 e. The van der Waals surface area contributed by atoms with Gasteiger partial charge in [0.25, 0.3) is 0 Å². The molecule has 0 spiro atoms. The van der Waals surface area contributed by atoms with Crippen molar-refractivity contribution in [2.24, 2.45) is 0 Å². The van der Waals surface area contributed by atoms with E-state index in [1.165, 1.54) is 18.3 Å². The second kappa shape index (κ2) is 1.35. The maximum Gasteiger partial charge on any atom is 0.373 e. The molecule has 5 heteroatoms. The van der Waals surface area contributed by atoms with Gasteiger partial charge in [0, 0.05) is 0 Å². The summed E-state index contributed by atoms with van der Waals surface area (Å²) in [5.41, 5.74) is -1.62. The van der Waals surface area contributed by atoms with E-state index in [4.69, 9.17) is 15.8 Å². The Kier molecular flexibility index (Phi) is 0.806. The second-order valence-electron chi connectivity index (χ2n) is 1.35. The summed E-state index contributed by atoms with van der Waals surface area (Å²) in [5, 5.41) is 25.0. The van der Waals surface area contributed by atoms with Crippen LogP contribution in [0.1, 0.15) is 0 Å². The summed E-state index contributed by atoms with van der Waals surface area (Å²) in [6.07, 6.45) is 1.50. The van der Waals surface area contributed by atoms with Crippen molar-refractivity contribution in [3.05, 3.63) is 0 Å². The summed E-state index contributed by atoms with van der Waals surface area (Å²) < 4.78 is 0. The second-order valence-corrected chi connectivity index (χ2v) is 1.35. The number of hydrogen-bond acceptors (Lipinski definition) is 5. The number of nitrogens with zero attached hydrogens (tertiary/aromatic N) is 4. The van der Waals surface area contributed by atoms with Gasteiger partial charge in [-0.05, 0) is 0 Å².